The van der Waals surface area contributed by atoms with Crippen molar-refractivity contribution in [3.8, 4) is 0 Å². The average molecular weight is 300 g/mol. The number of nitrogens with zero attached hydrogens (tertiary/aromatic N) is 2. The molecule has 1 aliphatic carbocycles. The summed E-state index contributed by atoms with van der Waals surface area (Å²) in [5, 5.41) is 19.2. The molecule has 1 heterocycles. The van der Waals surface area contributed by atoms with Crippen molar-refractivity contribution in [1.29, 1.82) is 0 Å². The highest BCUT2D eigenvalue weighted by atomic mass is 16.3. The average Bonchev–Trinajstić information content (AvgIpc) is 2.56. The van der Waals surface area contributed by atoms with Crippen LogP contribution in [0.15, 0.2) is 53.9 Å². The van der Waals surface area contributed by atoms with Gasteiger partial charge in [0.05, 0.1) is 5.76 Å². The molecule has 22 heavy (non-hydrogen) atoms. The van der Waals surface area contributed by atoms with E-state index in [0.29, 0.717) is 5.76 Å². The third-order valence-electron chi connectivity index (χ3n) is 4.47. The quantitative estimate of drug-likeness (QED) is 0.897. The normalized spacial score (nSPS) is 22.3. The van der Waals surface area contributed by atoms with Gasteiger partial charge in [0.15, 0.2) is 0 Å². The number of hydrogen-bond acceptors (Lipinski definition) is 4. The molecule has 1 fully saturated rings. The van der Waals surface area contributed by atoms with Crippen LogP contribution in [0.1, 0.15) is 19.3 Å². The molecule has 1 atom stereocenters. The Balaban J connectivity index is 1.75. The number of hydrogen-bond donors (Lipinski definition) is 2. The van der Waals surface area contributed by atoms with Crippen LogP contribution in [-0.2, 0) is 0 Å². The van der Waals surface area contributed by atoms with Crippen molar-refractivity contribution in [1.82, 2.24) is 4.90 Å². The van der Waals surface area contributed by atoms with Gasteiger partial charge in [-0.05, 0) is 31.1 Å². The van der Waals surface area contributed by atoms with E-state index in [9.17, 15) is 10.2 Å². The van der Waals surface area contributed by atoms with Gasteiger partial charge in [-0.3, -0.25) is 0 Å². The van der Waals surface area contributed by atoms with Crippen LogP contribution in [0.4, 0.5) is 5.69 Å². The van der Waals surface area contributed by atoms with E-state index in [-0.39, 0.29) is 12.6 Å². The molecule has 4 heteroatoms. The van der Waals surface area contributed by atoms with Crippen molar-refractivity contribution in [2.24, 2.45) is 0 Å². The predicted octanol–water partition coefficient (Wildman–Crippen LogP) is 2.68. The van der Waals surface area contributed by atoms with Gasteiger partial charge in [-0.15, -0.1) is 0 Å². The van der Waals surface area contributed by atoms with Crippen molar-refractivity contribution in [2.45, 2.75) is 25.3 Å². The Morgan fingerprint density at radius 3 is 2.68 bits per heavy atom. The van der Waals surface area contributed by atoms with Gasteiger partial charge in [0.25, 0.3) is 0 Å². The first-order valence-corrected chi connectivity index (χ1v) is 8.05. The molecule has 1 saturated heterocycles. The van der Waals surface area contributed by atoms with Crippen LogP contribution in [0.25, 0.3) is 0 Å². The highest BCUT2D eigenvalue weighted by Crippen LogP contribution is 2.26. The zero-order chi connectivity index (χ0) is 15.4. The molecule has 3 rings (SSSR count). The summed E-state index contributed by atoms with van der Waals surface area (Å²) in [5.41, 5.74) is 2.34. The lowest BCUT2D eigenvalue weighted by molar-refractivity contribution is 0.179. The second kappa shape index (κ2) is 6.88. The van der Waals surface area contributed by atoms with Gasteiger partial charge in [0.2, 0.25) is 0 Å². The first-order valence-electron chi connectivity index (χ1n) is 8.05. The smallest absolute Gasteiger partial charge is 0.0946 e. The molecule has 0 amide bonds. The van der Waals surface area contributed by atoms with Gasteiger partial charge in [-0.25, -0.2) is 0 Å². The Kier molecular flexibility index (Phi) is 4.68. The molecular weight excluding hydrogens is 276 g/mol. The summed E-state index contributed by atoms with van der Waals surface area (Å²) >= 11 is 0. The number of anilines is 1. The molecule has 0 bridgehead atoms. The second-order valence-corrected chi connectivity index (χ2v) is 5.94. The molecule has 0 radical (unpaired) electrons. The number of piperazine rings is 1. The fraction of sp³-hybridized carbons (Fsp3) is 0.444. The molecule has 0 saturated carbocycles. The summed E-state index contributed by atoms with van der Waals surface area (Å²) in [5.74, 6) is 0.464. The summed E-state index contributed by atoms with van der Waals surface area (Å²) in [6.45, 7) is 2.95. The number of aliphatic hydroxyl groups excluding tert-OH is 2. The Bertz CT molecular complexity index is 553. The SMILES string of the molecule is OCCC1CN(c2ccccc2)CCN1C1=CCCC(O)=C1. The number of aliphatic hydroxyl groups is 2. The number of allylic oxidation sites excluding steroid dienone is 3. The van der Waals surface area contributed by atoms with E-state index in [4.69, 9.17) is 0 Å². The maximum absolute atomic E-state index is 9.79. The van der Waals surface area contributed by atoms with Gasteiger partial charge in [-0.2, -0.15) is 0 Å². The van der Waals surface area contributed by atoms with Gasteiger partial charge in [0, 0.05) is 50.1 Å². The summed E-state index contributed by atoms with van der Waals surface area (Å²) in [6.07, 6.45) is 6.45. The minimum absolute atomic E-state index is 0.187. The van der Waals surface area contributed by atoms with Gasteiger partial charge >= 0.3 is 0 Å². The molecule has 0 spiro atoms. The molecule has 1 aromatic rings. The topological polar surface area (TPSA) is 46.9 Å². The third kappa shape index (κ3) is 3.28. The van der Waals surface area contributed by atoms with Gasteiger partial charge in [-0.1, -0.05) is 24.3 Å². The first-order chi connectivity index (χ1) is 10.8. The van der Waals surface area contributed by atoms with Crippen LogP contribution in [0.2, 0.25) is 0 Å². The van der Waals surface area contributed by atoms with Crippen molar-refractivity contribution >= 4 is 5.69 Å². The van der Waals surface area contributed by atoms with Crippen LogP contribution in [0.5, 0.6) is 0 Å². The Labute approximate surface area is 132 Å². The lowest BCUT2D eigenvalue weighted by atomic mass is 10.0. The molecule has 1 aromatic carbocycles. The number of rotatable bonds is 4. The summed E-state index contributed by atoms with van der Waals surface area (Å²) in [6, 6.07) is 10.7. The fourth-order valence-electron chi connectivity index (χ4n) is 3.33. The van der Waals surface area contributed by atoms with E-state index in [0.717, 1.165) is 44.6 Å². The van der Waals surface area contributed by atoms with E-state index in [1.54, 1.807) is 0 Å². The van der Waals surface area contributed by atoms with Crippen LogP contribution >= 0.6 is 0 Å². The maximum atomic E-state index is 9.79. The minimum atomic E-state index is 0.187. The first kappa shape index (κ1) is 15.0. The lowest BCUT2D eigenvalue weighted by Crippen LogP contribution is -2.53. The van der Waals surface area contributed by atoms with Crippen LogP contribution in [0, 0.1) is 0 Å². The molecule has 1 unspecified atom stereocenters. The maximum Gasteiger partial charge on any atom is 0.0946 e. The minimum Gasteiger partial charge on any atom is -0.512 e. The standard InChI is InChI=1S/C18H24N2O2/c21-12-9-17-14-19(15-5-2-1-3-6-15)10-11-20(17)16-7-4-8-18(22)13-16/h1-3,5-7,13,17,21-22H,4,8-12,14H2. The molecular formula is C18H24N2O2. The monoisotopic (exact) mass is 300 g/mol. The van der Waals surface area contributed by atoms with E-state index >= 15 is 0 Å². The van der Waals surface area contributed by atoms with Gasteiger partial charge < -0.3 is 20.0 Å². The molecule has 1 aliphatic heterocycles. The highest BCUT2D eigenvalue weighted by molar-refractivity contribution is 5.47. The van der Waals surface area contributed by atoms with E-state index in [1.807, 2.05) is 12.1 Å². The van der Waals surface area contributed by atoms with Crippen LogP contribution in [0.3, 0.4) is 0 Å². The molecule has 0 aromatic heterocycles. The lowest BCUT2D eigenvalue weighted by Gasteiger charge is -2.44. The van der Waals surface area contributed by atoms with Crippen molar-refractivity contribution in [3.63, 3.8) is 0 Å². The molecule has 118 valence electrons. The molecule has 2 aliphatic rings. The van der Waals surface area contributed by atoms with Crippen molar-refractivity contribution in [2.75, 3.05) is 31.1 Å². The number of para-hydroxylation sites is 1. The van der Waals surface area contributed by atoms with Gasteiger partial charge in [0.1, 0.15) is 0 Å². The fourth-order valence-corrected chi connectivity index (χ4v) is 3.33. The highest BCUT2D eigenvalue weighted by Gasteiger charge is 2.28. The van der Waals surface area contributed by atoms with E-state index in [2.05, 4.69) is 40.1 Å². The van der Waals surface area contributed by atoms with E-state index in [1.165, 1.54) is 5.69 Å². The Hall–Kier alpha value is -1.94. The Morgan fingerprint density at radius 1 is 1.14 bits per heavy atom. The summed E-state index contributed by atoms with van der Waals surface area (Å²) < 4.78 is 0. The van der Waals surface area contributed by atoms with Crippen molar-refractivity contribution in [3.05, 3.63) is 53.9 Å². The van der Waals surface area contributed by atoms with Crippen LogP contribution in [-0.4, -0.2) is 47.4 Å². The Morgan fingerprint density at radius 2 is 1.95 bits per heavy atom. The largest absolute Gasteiger partial charge is 0.512 e. The predicted molar refractivity (Wildman–Crippen MR) is 88.9 cm³/mol. The third-order valence-corrected chi connectivity index (χ3v) is 4.47. The second-order valence-electron chi connectivity index (χ2n) is 5.94. The molecule has 2 N–H and O–H groups in total. The zero-order valence-corrected chi connectivity index (χ0v) is 12.9. The van der Waals surface area contributed by atoms with E-state index < -0.39 is 0 Å². The van der Waals surface area contributed by atoms with Crippen LogP contribution < -0.4 is 4.90 Å². The molecule has 4 nitrogen and oxygen atoms in total. The van der Waals surface area contributed by atoms with Crippen molar-refractivity contribution < 1.29 is 10.2 Å². The number of benzene rings is 1. The summed E-state index contributed by atoms with van der Waals surface area (Å²) in [4.78, 5) is 4.72. The zero-order valence-electron chi connectivity index (χ0n) is 12.9. The summed E-state index contributed by atoms with van der Waals surface area (Å²) in [7, 11) is 0.